The maximum atomic E-state index is 11.1. The molecule has 0 heterocycles. The molecule has 0 saturated heterocycles. The molecule has 0 atom stereocenters. The summed E-state index contributed by atoms with van der Waals surface area (Å²) in [6.07, 6.45) is 3.33. The fourth-order valence-electron chi connectivity index (χ4n) is 2.36. The molecule has 0 aliphatic rings. The van der Waals surface area contributed by atoms with Gasteiger partial charge >= 0.3 is 5.69 Å². The number of nitrogens with one attached hydrogen (secondary N) is 1. The second-order valence-corrected chi connectivity index (χ2v) is 5.33. The lowest BCUT2D eigenvalue weighted by molar-refractivity contribution is -0.393. The average Bonchev–Trinajstić information content (AvgIpc) is 2.61. The Bertz CT molecular complexity index is 833. The average molecular weight is 342 g/mol. The van der Waals surface area contributed by atoms with Crippen molar-refractivity contribution in [2.75, 3.05) is 5.43 Å². The van der Waals surface area contributed by atoms with E-state index >= 15 is 0 Å². The van der Waals surface area contributed by atoms with Crippen molar-refractivity contribution in [3.05, 3.63) is 73.3 Å². The molecule has 130 valence electrons. The van der Waals surface area contributed by atoms with E-state index in [4.69, 9.17) is 0 Å². The molecule has 25 heavy (non-hydrogen) atoms. The van der Waals surface area contributed by atoms with Gasteiger partial charge in [0.05, 0.1) is 22.1 Å². The summed E-state index contributed by atoms with van der Waals surface area (Å²) < 4.78 is 0. The molecule has 2 aromatic rings. The van der Waals surface area contributed by atoms with Crippen LogP contribution < -0.4 is 5.43 Å². The summed E-state index contributed by atoms with van der Waals surface area (Å²) in [5.74, 6) is 0. The molecule has 0 aliphatic carbocycles. The quantitative estimate of drug-likeness (QED) is 0.463. The van der Waals surface area contributed by atoms with Crippen LogP contribution in [-0.4, -0.2) is 16.1 Å². The second kappa shape index (κ2) is 8.00. The first kappa shape index (κ1) is 18.1. The molecule has 0 fully saturated rings. The fraction of sp³-hybridized carbons (Fsp3) is 0.235. The molecule has 0 bridgehead atoms. The van der Waals surface area contributed by atoms with E-state index in [1.54, 1.807) is 6.21 Å². The molecule has 2 aromatic carbocycles. The van der Waals surface area contributed by atoms with Gasteiger partial charge in [-0.3, -0.25) is 25.7 Å². The molecule has 8 nitrogen and oxygen atoms in total. The number of benzene rings is 2. The Morgan fingerprint density at radius 3 is 2.40 bits per heavy atom. The first-order chi connectivity index (χ1) is 12.0. The van der Waals surface area contributed by atoms with Gasteiger partial charge in [0.15, 0.2) is 0 Å². The smallest absolute Gasteiger partial charge is 0.272 e. The van der Waals surface area contributed by atoms with E-state index in [1.807, 2.05) is 19.1 Å². The number of hydrogen-bond acceptors (Lipinski definition) is 6. The number of hydrazone groups is 1. The van der Waals surface area contributed by atoms with Gasteiger partial charge in [-0.05, 0) is 41.7 Å². The monoisotopic (exact) mass is 342 g/mol. The van der Waals surface area contributed by atoms with Crippen molar-refractivity contribution in [3.63, 3.8) is 0 Å². The Morgan fingerprint density at radius 2 is 1.80 bits per heavy atom. The van der Waals surface area contributed by atoms with Crippen LogP contribution >= 0.6 is 0 Å². The summed E-state index contributed by atoms with van der Waals surface area (Å²) in [4.78, 5) is 20.5. The third-order valence-electron chi connectivity index (χ3n) is 3.78. The lowest BCUT2D eigenvalue weighted by Gasteiger charge is -2.06. The summed E-state index contributed by atoms with van der Waals surface area (Å²) in [6.45, 7) is 4.09. The minimum absolute atomic E-state index is 0.0940. The molecule has 0 spiro atoms. The highest BCUT2D eigenvalue weighted by atomic mass is 16.6. The van der Waals surface area contributed by atoms with Gasteiger partial charge in [-0.15, -0.1) is 0 Å². The summed E-state index contributed by atoms with van der Waals surface area (Å²) >= 11 is 0. The molecular weight excluding hydrogens is 324 g/mol. The summed E-state index contributed by atoms with van der Waals surface area (Å²) in [5, 5.41) is 25.9. The van der Waals surface area contributed by atoms with Gasteiger partial charge in [-0.2, -0.15) is 5.10 Å². The van der Waals surface area contributed by atoms with E-state index in [-0.39, 0.29) is 11.4 Å². The molecule has 8 heteroatoms. The molecular formula is C17H18N4O4. The SMILES string of the molecule is CCc1ccc(CC)c(/C=N\Nc2ccc([N+](=O)[O-])cc2[N+](=O)[O-])c1. The topological polar surface area (TPSA) is 111 Å². The van der Waals surface area contributed by atoms with E-state index < -0.39 is 15.5 Å². The molecule has 2 rings (SSSR count). The van der Waals surface area contributed by atoms with Crippen LogP contribution in [0.1, 0.15) is 30.5 Å². The lowest BCUT2D eigenvalue weighted by atomic mass is 10.0. The van der Waals surface area contributed by atoms with Crippen LogP contribution in [-0.2, 0) is 12.8 Å². The number of nitrogens with zero attached hydrogens (tertiary/aromatic N) is 3. The van der Waals surface area contributed by atoms with Gasteiger partial charge in [0.2, 0.25) is 0 Å². The normalized spacial score (nSPS) is 10.8. The highest BCUT2D eigenvalue weighted by Gasteiger charge is 2.19. The largest absolute Gasteiger partial charge is 0.301 e. The predicted octanol–water partition coefficient (Wildman–Crippen LogP) is 4.07. The van der Waals surface area contributed by atoms with E-state index in [0.717, 1.165) is 30.0 Å². The summed E-state index contributed by atoms with van der Waals surface area (Å²) in [6, 6.07) is 9.50. The number of nitro groups is 2. The standard InChI is InChI=1S/C17H18N4O4/c1-3-12-5-6-13(4-2)14(9-12)11-18-19-16-8-7-15(20(22)23)10-17(16)21(24)25/h5-11,19H,3-4H2,1-2H3/b18-11-. The van der Waals surface area contributed by atoms with Crippen LogP contribution in [0.5, 0.6) is 0 Å². The van der Waals surface area contributed by atoms with Crippen molar-refractivity contribution in [1.82, 2.24) is 0 Å². The van der Waals surface area contributed by atoms with Gasteiger partial charge in [-0.25, -0.2) is 0 Å². The Kier molecular flexibility index (Phi) is 5.78. The minimum Gasteiger partial charge on any atom is -0.272 e. The minimum atomic E-state index is -0.681. The third kappa shape index (κ3) is 4.37. The summed E-state index contributed by atoms with van der Waals surface area (Å²) in [5.41, 5.74) is 5.16. The van der Waals surface area contributed by atoms with Crippen LogP contribution in [0.2, 0.25) is 0 Å². The highest BCUT2D eigenvalue weighted by Crippen LogP contribution is 2.28. The Morgan fingerprint density at radius 1 is 1.04 bits per heavy atom. The molecule has 0 amide bonds. The number of nitro benzene ring substituents is 2. The second-order valence-electron chi connectivity index (χ2n) is 5.33. The Hall–Kier alpha value is -3.29. The van der Waals surface area contributed by atoms with Gasteiger partial charge < -0.3 is 0 Å². The number of aryl methyl sites for hydroxylation is 2. The van der Waals surface area contributed by atoms with Crippen molar-refractivity contribution < 1.29 is 9.85 Å². The van der Waals surface area contributed by atoms with E-state index in [2.05, 4.69) is 23.5 Å². The zero-order valence-electron chi connectivity index (χ0n) is 13.9. The molecule has 0 aliphatic heterocycles. The zero-order chi connectivity index (χ0) is 18.4. The Balaban J connectivity index is 2.28. The van der Waals surface area contributed by atoms with E-state index in [1.165, 1.54) is 17.7 Å². The number of non-ortho nitro benzene ring substituents is 1. The van der Waals surface area contributed by atoms with E-state index in [9.17, 15) is 20.2 Å². The highest BCUT2D eigenvalue weighted by molar-refractivity contribution is 5.83. The van der Waals surface area contributed by atoms with Crippen LogP contribution in [0.15, 0.2) is 41.5 Å². The lowest BCUT2D eigenvalue weighted by Crippen LogP contribution is -2.00. The van der Waals surface area contributed by atoms with Gasteiger partial charge in [0.25, 0.3) is 5.69 Å². The number of anilines is 1. The van der Waals surface area contributed by atoms with Crippen LogP contribution in [0.25, 0.3) is 0 Å². The Labute approximate surface area is 144 Å². The first-order valence-corrected chi connectivity index (χ1v) is 7.80. The van der Waals surface area contributed by atoms with Crippen LogP contribution in [0.4, 0.5) is 17.1 Å². The molecule has 0 saturated carbocycles. The van der Waals surface area contributed by atoms with Crippen molar-refractivity contribution >= 4 is 23.3 Å². The van der Waals surface area contributed by atoms with E-state index in [0.29, 0.717) is 0 Å². The molecule has 0 aromatic heterocycles. The summed E-state index contributed by atoms with van der Waals surface area (Å²) in [7, 11) is 0. The maximum Gasteiger partial charge on any atom is 0.301 e. The maximum absolute atomic E-state index is 11.1. The molecule has 0 radical (unpaired) electrons. The third-order valence-corrected chi connectivity index (χ3v) is 3.78. The van der Waals surface area contributed by atoms with Gasteiger partial charge in [0, 0.05) is 6.07 Å². The van der Waals surface area contributed by atoms with Crippen molar-refractivity contribution in [3.8, 4) is 0 Å². The van der Waals surface area contributed by atoms with Gasteiger partial charge in [0.1, 0.15) is 5.69 Å². The van der Waals surface area contributed by atoms with Crippen molar-refractivity contribution in [1.29, 1.82) is 0 Å². The number of rotatable bonds is 7. The van der Waals surface area contributed by atoms with Gasteiger partial charge in [-0.1, -0.05) is 26.0 Å². The van der Waals surface area contributed by atoms with Crippen LogP contribution in [0, 0.1) is 20.2 Å². The zero-order valence-corrected chi connectivity index (χ0v) is 13.9. The fourth-order valence-corrected chi connectivity index (χ4v) is 2.36. The number of hydrogen-bond donors (Lipinski definition) is 1. The van der Waals surface area contributed by atoms with Crippen LogP contribution in [0.3, 0.4) is 0 Å². The van der Waals surface area contributed by atoms with Crippen molar-refractivity contribution in [2.45, 2.75) is 26.7 Å². The predicted molar refractivity (Wildman–Crippen MR) is 96.2 cm³/mol. The van der Waals surface area contributed by atoms with Crippen molar-refractivity contribution in [2.24, 2.45) is 5.10 Å². The first-order valence-electron chi connectivity index (χ1n) is 7.80. The molecule has 1 N–H and O–H groups in total. The molecule has 0 unspecified atom stereocenters.